The first-order valence-electron chi connectivity index (χ1n) is 5.92. The third-order valence-electron chi connectivity index (χ3n) is 2.83. The number of anilines is 1. The molecule has 0 bridgehead atoms. The summed E-state index contributed by atoms with van der Waals surface area (Å²) in [6.07, 6.45) is 0. The van der Waals surface area contributed by atoms with Crippen LogP contribution in [0.4, 0.5) is 11.4 Å². The van der Waals surface area contributed by atoms with Gasteiger partial charge in [0.2, 0.25) is 0 Å². The van der Waals surface area contributed by atoms with Crippen LogP contribution in [0.25, 0.3) is 0 Å². The number of carboxylic acids is 1. The van der Waals surface area contributed by atoms with Gasteiger partial charge >= 0.3 is 5.97 Å². The van der Waals surface area contributed by atoms with Gasteiger partial charge in [-0.1, -0.05) is 11.6 Å². The lowest BCUT2D eigenvalue weighted by Crippen LogP contribution is -2.08. The van der Waals surface area contributed by atoms with Crippen molar-refractivity contribution in [1.82, 2.24) is 0 Å². The van der Waals surface area contributed by atoms with E-state index < -0.39 is 10.9 Å². The van der Waals surface area contributed by atoms with Crippen LogP contribution in [0.15, 0.2) is 30.3 Å². The van der Waals surface area contributed by atoms with E-state index >= 15 is 0 Å². The number of benzene rings is 1. The number of nitro groups is 1. The lowest BCUT2D eigenvalue weighted by atomic mass is 10.1. The van der Waals surface area contributed by atoms with Gasteiger partial charge in [0.05, 0.1) is 20.9 Å². The number of nitro benzene ring substituents is 1. The Morgan fingerprint density at radius 2 is 2.14 bits per heavy atom. The van der Waals surface area contributed by atoms with Crippen LogP contribution in [0.2, 0.25) is 4.34 Å². The van der Waals surface area contributed by atoms with Crippen LogP contribution in [0, 0.1) is 10.1 Å². The number of thiophene rings is 1. The third-order valence-corrected chi connectivity index (χ3v) is 4.25. The van der Waals surface area contributed by atoms with Crippen molar-refractivity contribution in [2.24, 2.45) is 0 Å². The zero-order valence-corrected chi connectivity index (χ0v) is 12.4. The number of nitrogens with one attached hydrogen (secondary N) is 1. The molecule has 0 amide bonds. The first-order chi connectivity index (χ1) is 9.88. The van der Waals surface area contributed by atoms with E-state index in [0.717, 1.165) is 4.88 Å². The minimum atomic E-state index is -1.14. The predicted molar refractivity (Wildman–Crippen MR) is 81.4 cm³/mol. The van der Waals surface area contributed by atoms with E-state index in [1.165, 1.54) is 29.5 Å². The second kappa shape index (κ2) is 6.11. The van der Waals surface area contributed by atoms with Gasteiger partial charge in [-0.05, 0) is 31.2 Å². The average Bonchev–Trinajstić information content (AvgIpc) is 2.85. The van der Waals surface area contributed by atoms with E-state index in [9.17, 15) is 14.9 Å². The second-order valence-corrected chi connectivity index (χ2v) is 6.05. The van der Waals surface area contributed by atoms with Gasteiger partial charge in [0.1, 0.15) is 5.69 Å². The Morgan fingerprint density at radius 3 is 2.67 bits per heavy atom. The molecule has 1 aromatic heterocycles. The molecule has 21 heavy (non-hydrogen) atoms. The lowest BCUT2D eigenvalue weighted by Gasteiger charge is -2.14. The summed E-state index contributed by atoms with van der Waals surface area (Å²) in [7, 11) is 0. The number of carbonyl (C=O) groups is 1. The smallest absolute Gasteiger partial charge is 0.335 e. The number of hydrogen-bond acceptors (Lipinski definition) is 5. The molecule has 0 saturated carbocycles. The molecule has 1 heterocycles. The van der Waals surface area contributed by atoms with Crippen molar-refractivity contribution in [1.29, 1.82) is 0 Å². The minimum absolute atomic E-state index is 0.0143. The van der Waals surface area contributed by atoms with Gasteiger partial charge < -0.3 is 10.4 Å². The monoisotopic (exact) mass is 326 g/mol. The van der Waals surface area contributed by atoms with Gasteiger partial charge in [-0.3, -0.25) is 10.1 Å². The third kappa shape index (κ3) is 3.50. The molecule has 0 aliphatic rings. The molecule has 2 rings (SSSR count). The Kier molecular flexibility index (Phi) is 4.44. The fourth-order valence-corrected chi connectivity index (χ4v) is 2.87. The first-order valence-corrected chi connectivity index (χ1v) is 7.11. The van der Waals surface area contributed by atoms with E-state index in [-0.39, 0.29) is 23.0 Å². The Balaban J connectivity index is 2.34. The van der Waals surface area contributed by atoms with E-state index in [2.05, 4.69) is 5.32 Å². The minimum Gasteiger partial charge on any atom is -0.478 e. The molecule has 0 spiro atoms. The molecule has 110 valence electrons. The quantitative estimate of drug-likeness (QED) is 0.635. The second-order valence-electron chi connectivity index (χ2n) is 4.30. The Hall–Kier alpha value is -2.12. The molecule has 1 atom stereocenters. The lowest BCUT2D eigenvalue weighted by molar-refractivity contribution is -0.384. The van der Waals surface area contributed by atoms with E-state index in [1.807, 2.05) is 13.0 Å². The standard InChI is InChI=1S/C13H11ClN2O4S/c1-7(11-4-5-12(14)21-11)15-9-6-8(13(17)18)2-3-10(9)16(19)20/h2-7,15H,1H3,(H,17,18). The van der Waals surface area contributed by atoms with Crippen LogP contribution in [0.1, 0.15) is 28.2 Å². The summed E-state index contributed by atoms with van der Waals surface area (Å²) >= 11 is 7.22. The summed E-state index contributed by atoms with van der Waals surface area (Å²) in [4.78, 5) is 22.3. The van der Waals surface area contributed by atoms with Gasteiger partial charge in [0.25, 0.3) is 5.69 Å². The number of halogens is 1. The Labute approximate surface area is 129 Å². The van der Waals surface area contributed by atoms with Crippen LogP contribution in [0.5, 0.6) is 0 Å². The Morgan fingerprint density at radius 1 is 1.43 bits per heavy atom. The molecule has 6 nitrogen and oxygen atoms in total. The number of hydrogen-bond donors (Lipinski definition) is 2. The highest BCUT2D eigenvalue weighted by atomic mass is 35.5. The molecular weight excluding hydrogens is 316 g/mol. The zero-order chi connectivity index (χ0) is 15.6. The van der Waals surface area contributed by atoms with Crippen molar-refractivity contribution in [3.63, 3.8) is 0 Å². The number of rotatable bonds is 5. The van der Waals surface area contributed by atoms with Crippen molar-refractivity contribution in [2.45, 2.75) is 13.0 Å². The molecule has 2 aromatic rings. The average molecular weight is 327 g/mol. The van der Waals surface area contributed by atoms with Gasteiger partial charge in [0, 0.05) is 10.9 Å². The van der Waals surface area contributed by atoms with Crippen molar-refractivity contribution in [3.05, 3.63) is 55.2 Å². The van der Waals surface area contributed by atoms with Gasteiger partial charge in [-0.25, -0.2) is 4.79 Å². The molecule has 2 N–H and O–H groups in total. The number of nitrogens with zero attached hydrogens (tertiary/aromatic N) is 1. The fraction of sp³-hybridized carbons (Fsp3) is 0.154. The van der Waals surface area contributed by atoms with E-state index in [4.69, 9.17) is 16.7 Å². The van der Waals surface area contributed by atoms with E-state index in [1.54, 1.807) is 6.07 Å². The highest BCUT2D eigenvalue weighted by Crippen LogP contribution is 2.32. The number of aromatic carboxylic acids is 1. The normalized spacial score (nSPS) is 11.9. The summed E-state index contributed by atoms with van der Waals surface area (Å²) in [6, 6.07) is 6.97. The maximum atomic E-state index is 11.0. The van der Waals surface area contributed by atoms with Crippen molar-refractivity contribution in [3.8, 4) is 0 Å². The zero-order valence-electron chi connectivity index (χ0n) is 10.9. The summed E-state index contributed by atoms with van der Waals surface area (Å²) in [5.74, 6) is -1.14. The van der Waals surface area contributed by atoms with Crippen molar-refractivity contribution >= 4 is 40.3 Å². The van der Waals surface area contributed by atoms with Gasteiger partial charge in [-0.15, -0.1) is 11.3 Å². The highest BCUT2D eigenvalue weighted by Gasteiger charge is 2.19. The van der Waals surface area contributed by atoms with Gasteiger partial charge in [-0.2, -0.15) is 0 Å². The van der Waals surface area contributed by atoms with Crippen molar-refractivity contribution < 1.29 is 14.8 Å². The molecule has 1 aromatic carbocycles. The fourth-order valence-electron chi connectivity index (χ4n) is 1.81. The molecule has 1 unspecified atom stereocenters. The predicted octanol–water partition coefficient (Wildman–Crippen LogP) is 4.18. The molecule has 0 aliphatic heterocycles. The van der Waals surface area contributed by atoms with Gasteiger partial charge in [0.15, 0.2) is 0 Å². The number of carboxylic acid groups (broad SMARTS) is 1. The summed E-state index contributed by atoms with van der Waals surface area (Å²) < 4.78 is 0.618. The highest BCUT2D eigenvalue weighted by molar-refractivity contribution is 7.16. The molecule has 0 saturated heterocycles. The van der Waals surface area contributed by atoms with Crippen LogP contribution < -0.4 is 5.32 Å². The molecular formula is C13H11ClN2O4S. The first kappa shape index (κ1) is 15.3. The van der Waals surface area contributed by atoms with E-state index in [0.29, 0.717) is 4.34 Å². The topological polar surface area (TPSA) is 92.5 Å². The maximum absolute atomic E-state index is 11.0. The summed E-state index contributed by atoms with van der Waals surface area (Å²) in [5, 5.41) is 23.0. The molecule has 0 aliphatic carbocycles. The largest absolute Gasteiger partial charge is 0.478 e. The SMILES string of the molecule is CC(Nc1cc(C(=O)O)ccc1[N+](=O)[O-])c1ccc(Cl)s1. The Bertz CT molecular complexity index is 701. The molecule has 0 fully saturated rings. The van der Waals surface area contributed by atoms with Crippen molar-refractivity contribution in [2.75, 3.05) is 5.32 Å². The van der Waals surface area contributed by atoms with Crippen LogP contribution in [0.3, 0.4) is 0 Å². The molecule has 8 heteroatoms. The van der Waals surface area contributed by atoms with Crippen LogP contribution >= 0.6 is 22.9 Å². The maximum Gasteiger partial charge on any atom is 0.335 e. The van der Waals surface area contributed by atoms with Crippen LogP contribution in [-0.4, -0.2) is 16.0 Å². The van der Waals surface area contributed by atoms with Crippen LogP contribution in [-0.2, 0) is 0 Å². The molecule has 0 radical (unpaired) electrons. The summed E-state index contributed by atoms with van der Waals surface area (Å²) in [6.45, 7) is 1.82. The summed E-state index contributed by atoms with van der Waals surface area (Å²) in [5.41, 5.74) is -0.0223.